The second-order valence-corrected chi connectivity index (χ2v) is 4.66. The summed E-state index contributed by atoms with van der Waals surface area (Å²) in [7, 11) is 0. The molecule has 1 heteroatoms. The summed E-state index contributed by atoms with van der Waals surface area (Å²) < 4.78 is 0. The molecule has 0 spiro atoms. The van der Waals surface area contributed by atoms with Gasteiger partial charge in [0.05, 0.1) is 6.10 Å². The molecule has 1 N–H and O–H groups in total. The lowest BCUT2D eigenvalue weighted by Gasteiger charge is -2.17. The van der Waals surface area contributed by atoms with Gasteiger partial charge in [-0.3, -0.25) is 0 Å². The van der Waals surface area contributed by atoms with Crippen LogP contribution in [0.5, 0.6) is 0 Å². The lowest BCUT2D eigenvalue weighted by Crippen LogP contribution is -2.07. The van der Waals surface area contributed by atoms with Crippen LogP contribution < -0.4 is 0 Å². The molecule has 1 nitrogen and oxygen atoms in total. The Hall–Kier alpha value is -0.0400. The molecular formula is C12H26O. The number of hydrogen-bond acceptors (Lipinski definition) is 1. The van der Waals surface area contributed by atoms with E-state index in [0.717, 1.165) is 18.3 Å². The lowest BCUT2D eigenvalue weighted by atomic mass is 9.90. The molecule has 0 saturated carbocycles. The van der Waals surface area contributed by atoms with E-state index in [1.807, 2.05) is 6.92 Å². The first-order valence-corrected chi connectivity index (χ1v) is 5.74. The van der Waals surface area contributed by atoms with Crippen molar-refractivity contribution in [3.63, 3.8) is 0 Å². The second-order valence-electron chi connectivity index (χ2n) is 4.66. The molecule has 0 saturated heterocycles. The Kier molecular flexibility index (Phi) is 7.35. The molecular weight excluding hydrogens is 160 g/mol. The van der Waals surface area contributed by atoms with Crippen molar-refractivity contribution in [2.45, 2.75) is 65.9 Å². The van der Waals surface area contributed by atoms with Crippen molar-refractivity contribution in [2.24, 2.45) is 11.8 Å². The fourth-order valence-corrected chi connectivity index (χ4v) is 1.94. The van der Waals surface area contributed by atoms with Crippen molar-refractivity contribution in [3.8, 4) is 0 Å². The Morgan fingerprint density at radius 1 is 0.923 bits per heavy atom. The molecule has 0 aliphatic carbocycles. The smallest absolute Gasteiger partial charge is 0.0512 e. The maximum absolute atomic E-state index is 9.14. The van der Waals surface area contributed by atoms with Crippen molar-refractivity contribution in [1.82, 2.24) is 0 Å². The maximum atomic E-state index is 9.14. The topological polar surface area (TPSA) is 20.2 Å². The van der Waals surface area contributed by atoms with E-state index < -0.39 is 0 Å². The minimum absolute atomic E-state index is 0.121. The first-order chi connectivity index (χ1) is 6.06. The van der Waals surface area contributed by atoms with Crippen LogP contribution in [0.4, 0.5) is 0 Å². The van der Waals surface area contributed by atoms with Crippen molar-refractivity contribution in [1.29, 1.82) is 0 Å². The van der Waals surface area contributed by atoms with Gasteiger partial charge in [0, 0.05) is 0 Å². The monoisotopic (exact) mass is 186 g/mol. The van der Waals surface area contributed by atoms with Gasteiger partial charge in [0.15, 0.2) is 0 Å². The van der Waals surface area contributed by atoms with E-state index in [0.29, 0.717) is 0 Å². The molecule has 0 aromatic rings. The summed E-state index contributed by atoms with van der Waals surface area (Å²) >= 11 is 0. The molecule has 13 heavy (non-hydrogen) atoms. The molecule has 0 heterocycles. The highest BCUT2D eigenvalue weighted by Gasteiger charge is 2.08. The van der Waals surface area contributed by atoms with E-state index in [2.05, 4.69) is 20.8 Å². The van der Waals surface area contributed by atoms with Crippen LogP contribution in [0.3, 0.4) is 0 Å². The fraction of sp³-hybridized carbons (Fsp3) is 1.00. The molecule has 0 aromatic carbocycles. The van der Waals surface area contributed by atoms with Gasteiger partial charge in [0.2, 0.25) is 0 Å². The van der Waals surface area contributed by atoms with Crippen molar-refractivity contribution in [3.05, 3.63) is 0 Å². The largest absolute Gasteiger partial charge is 0.393 e. The normalized spacial score (nSPS) is 18.2. The summed E-state index contributed by atoms with van der Waals surface area (Å²) in [6.07, 6.45) is 5.97. The summed E-state index contributed by atoms with van der Waals surface area (Å²) in [5.41, 5.74) is 0. The second kappa shape index (κ2) is 7.37. The van der Waals surface area contributed by atoms with E-state index in [-0.39, 0.29) is 6.10 Å². The zero-order valence-corrected chi connectivity index (χ0v) is 9.71. The minimum atomic E-state index is -0.121. The highest BCUT2D eigenvalue weighted by atomic mass is 16.3. The molecule has 0 aliphatic heterocycles. The summed E-state index contributed by atoms with van der Waals surface area (Å²) in [5.74, 6) is 1.63. The average molecular weight is 186 g/mol. The van der Waals surface area contributed by atoms with Gasteiger partial charge in [0.25, 0.3) is 0 Å². The van der Waals surface area contributed by atoms with Crippen molar-refractivity contribution < 1.29 is 5.11 Å². The van der Waals surface area contributed by atoms with Gasteiger partial charge < -0.3 is 5.11 Å². The van der Waals surface area contributed by atoms with Gasteiger partial charge in [-0.2, -0.15) is 0 Å². The molecule has 0 bridgehead atoms. The van der Waals surface area contributed by atoms with Crippen molar-refractivity contribution >= 4 is 0 Å². The van der Waals surface area contributed by atoms with Gasteiger partial charge in [0.1, 0.15) is 0 Å². The predicted octanol–water partition coefficient (Wildman–Crippen LogP) is 3.61. The average Bonchev–Trinajstić information content (AvgIpc) is 2.01. The van der Waals surface area contributed by atoms with E-state index in [1.165, 1.54) is 25.7 Å². The van der Waals surface area contributed by atoms with Crippen LogP contribution >= 0.6 is 0 Å². The molecule has 0 fully saturated rings. The van der Waals surface area contributed by atoms with Crippen molar-refractivity contribution in [2.75, 3.05) is 0 Å². The molecule has 0 aromatic heterocycles. The molecule has 80 valence electrons. The van der Waals surface area contributed by atoms with E-state index >= 15 is 0 Å². The fourth-order valence-electron chi connectivity index (χ4n) is 1.94. The van der Waals surface area contributed by atoms with Crippen LogP contribution in [0, 0.1) is 11.8 Å². The van der Waals surface area contributed by atoms with Crippen LogP contribution in [0.1, 0.15) is 59.8 Å². The number of rotatable bonds is 7. The molecule has 0 rings (SSSR count). The molecule has 0 radical (unpaired) electrons. The van der Waals surface area contributed by atoms with Gasteiger partial charge in [-0.05, 0) is 38.0 Å². The highest BCUT2D eigenvalue weighted by Crippen LogP contribution is 2.20. The van der Waals surface area contributed by atoms with Gasteiger partial charge in [-0.1, -0.05) is 33.6 Å². The number of aliphatic hydroxyl groups is 1. The molecule has 0 aliphatic rings. The third-order valence-corrected chi connectivity index (χ3v) is 2.66. The quantitative estimate of drug-likeness (QED) is 0.644. The van der Waals surface area contributed by atoms with Gasteiger partial charge >= 0.3 is 0 Å². The van der Waals surface area contributed by atoms with Crippen LogP contribution in [0.25, 0.3) is 0 Å². The molecule has 3 atom stereocenters. The lowest BCUT2D eigenvalue weighted by molar-refractivity contribution is 0.171. The third kappa shape index (κ3) is 8.29. The Morgan fingerprint density at radius 3 is 1.92 bits per heavy atom. The predicted molar refractivity (Wildman–Crippen MR) is 58.8 cm³/mol. The Morgan fingerprint density at radius 2 is 1.46 bits per heavy atom. The number of hydrogen-bond donors (Lipinski definition) is 1. The standard InChI is InChI=1S/C12H26O/c1-5-6-10(2)9-11(3)7-8-12(4)13/h10-13H,5-9H2,1-4H3. The Labute approximate surface area is 83.5 Å². The summed E-state index contributed by atoms with van der Waals surface area (Å²) in [6.45, 7) is 8.76. The zero-order chi connectivity index (χ0) is 10.3. The number of aliphatic hydroxyl groups excluding tert-OH is 1. The zero-order valence-electron chi connectivity index (χ0n) is 9.71. The Balaban J connectivity index is 3.43. The van der Waals surface area contributed by atoms with E-state index in [4.69, 9.17) is 5.11 Å². The maximum Gasteiger partial charge on any atom is 0.0512 e. The molecule has 3 unspecified atom stereocenters. The third-order valence-electron chi connectivity index (χ3n) is 2.66. The van der Waals surface area contributed by atoms with Gasteiger partial charge in [-0.15, -0.1) is 0 Å². The minimum Gasteiger partial charge on any atom is -0.393 e. The first kappa shape index (κ1) is 13.0. The van der Waals surface area contributed by atoms with Gasteiger partial charge in [-0.25, -0.2) is 0 Å². The van der Waals surface area contributed by atoms with Crippen LogP contribution in [-0.2, 0) is 0 Å². The van der Waals surface area contributed by atoms with Crippen LogP contribution in [-0.4, -0.2) is 11.2 Å². The first-order valence-electron chi connectivity index (χ1n) is 5.74. The van der Waals surface area contributed by atoms with Crippen LogP contribution in [0.15, 0.2) is 0 Å². The van der Waals surface area contributed by atoms with Crippen LogP contribution in [0.2, 0.25) is 0 Å². The SMILES string of the molecule is CCCC(C)CC(C)CCC(C)O. The van der Waals surface area contributed by atoms with E-state index in [1.54, 1.807) is 0 Å². The summed E-state index contributed by atoms with van der Waals surface area (Å²) in [4.78, 5) is 0. The molecule has 0 amide bonds. The van der Waals surface area contributed by atoms with E-state index in [9.17, 15) is 0 Å². The summed E-state index contributed by atoms with van der Waals surface area (Å²) in [5, 5.41) is 9.14. The Bertz CT molecular complexity index is 110. The highest BCUT2D eigenvalue weighted by molar-refractivity contribution is 4.61. The summed E-state index contributed by atoms with van der Waals surface area (Å²) in [6, 6.07) is 0.